The second kappa shape index (κ2) is 7.36. The van der Waals surface area contributed by atoms with Crippen molar-refractivity contribution in [3.63, 3.8) is 0 Å². The van der Waals surface area contributed by atoms with Gasteiger partial charge in [-0.15, -0.1) is 12.3 Å². The van der Waals surface area contributed by atoms with Crippen molar-refractivity contribution in [1.82, 2.24) is 19.9 Å². The van der Waals surface area contributed by atoms with Crippen molar-refractivity contribution in [2.75, 3.05) is 6.54 Å². The Kier molecular flexibility index (Phi) is 4.72. The van der Waals surface area contributed by atoms with E-state index in [0.717, 1.165) is 11.1 Å². The number of H-pyrrole nitrogens is 1. The van der Waals surface area contributed by atoms with Crippen molar-refractivity contribution in [2.24, 2.45) is 17.3 Å². The van der Waals surface area contributed by atoms with Crippen molar-refractivity contribution in [2.45, 2.75) is 24.9 Å². The van der Waals surface area contributed by atoms with Crippen LogP contribution in [0.15, 0.2) is 51.6 Å². The number of nitrogens with one attached hydrogen (secondary N) is 2. The molecular weight excluding hydrogens is 368 g/mol. The highest BCUT2D eigenvalue weighted by Crippen LogP contribution is 2.36. The molecule has 1 aliphatic heterocycles. The molecule has 0 bridgehead atoms. The number of rotatable bonds is 7. The largest absolute Gasteiger partial charge is 0.352 e. The predicted molar refractivity (Wildman–Crippen MR) is 109 cm³/mol. The Morgan fingerprint density at radius 3 is 2.86 bits per heavy atom. The molecule has 146 valence electrons. The number of aryl methyl sites for hydroxylation is 1. The zero-order chi connectivity index (χ0) is 20.4. The number of hydrogen-bond acceptors (Lipinski definition) is 5. The average Bonchev–Trinajstić information content (AvgIpc) is 3.45. The molecule has 0 saturated heterocycles. The van der Waals surface area contributed by atoms with Crippen LogP contribution in [0.2, 0.25) is 0 Å². The van der Waals surface area contributed by atoms with Crippen molar-refractivity contribution in [3.8, 4) is 23.5 Å². The molecule has 8 heteroatoms. The van der Waals surface area contributed by atoms with Gasteiger partial charge in [-0.25, -0.2) is 9.78 Å². The third kappa shape index (κ3) is 3.80. The first kappa shape index (κ1) is 18.6. The number of pyridine rings is 1. The molecule has 0 fully saturated rings. The van der Waals surface area contributed by atoms with E-state index in [1.165, 1.54) is 4.57 Å². The van der Waals surface area contributed by atoms with Crippen LogP contribution in [0, 0.1) is 12.3 Å². The van der Waals surface area contributed by atoms with E-state index in [-0.39, 0.29) is 11.6 Å². The Balaban J connectivity index is 1.46. The summed E-state index contributed by atoms with van der Waals surface area (Å²) >= 11 is 0. The number of amides is 1. The smallest absolute Gasteiger partial charge is 0.327 e. The van der Waals surface area contributed by atoms with E-state index >= 15 is 0 Å². The summed E-state index contributed by atoms with van der Waals surface area (Å²) in [5.41, 5.74) is 2.83. The van der Waals surface area contributed by atoms with Gasteiger partial charge < -0.3 is 5.32 Å². The van der Waals surface area contributed by atoms with E-state index in [1.54, 1.807) is 19.3 Å². The van der Waals surface area contributed by atoms with Gasteiger partial charge in [0.2, 0.25) is 0 Å². The first-order valence-electron chi connectivity index (χ1n) is 9.32. The maximum absolute atomic E-state index is 12.5. The van der Waals surface area contributed by atoms with E-state index in [4.69, 9.17) is 6.42 Å². The van der Waals surface area contributed by atoms with Crippen LogP contribution < -0.4 is 11.0 Å². The molecule has 0 saturated carbocycles. The van der Waals surface area contributed by atoms with Crippen LogP contribution in [-0.4, -0.2) is 32.6 Å². The Morgan fingerprint density at radius 1 is 1.28 bits per heavy atom. The fourth-order valence-electron chi connectivity index (χ4n) is 3.24. The molecule has 2 aromatic heterocycles. The molecule has 0 radical (unpaired) electrons. The normalized spacial score (nSPS) is 13.9. The summed E-state index contributed by atoms with van der Waals surface area (Å²) in [6.45, 7) is 0.472. The second-order valence-electron chi connectivity index (χ2n) is 7.05. The molecule has 0 spiro atoms. The van der Waals surface area contributed by atoms with Crippen LogP contribution in [-0.2, 0) is 7.05 Å². The summed E-state index contributed by atoms with van der Waals surface area (Å²) in [5.74, 6) is 2.43. The second-order valence-corrected chi connectivity index (χ2v) is 7.05. The predicted octanol–water partition coefficient (Wildman–Crippen LogP) is 2.62. The van der Waals surface area contributed by atoms with E-state index in [1.807, 2.05) is 24.3 Å². The average molecular weight is 388 g/mol. The van der Waals surface area contributed by atoms with Crippen LogP contribution in [0.25, 0.3) is 22.3 Å². The summed E-state index contributed by atoms with van der Waals surface area (Å²) in [4.78, 5) is 31.3. The lowest BCUT2D eigenvalue weighted by Crippen LogP contribution is -2.28. The molecule has 29 heavy (non-hydrogen) atoms. The molecule has 3 heterocycles. The molecule has 0 aliphatic carbocycles. The van der Waals surface area contributed by atoms with Gasteiger partial charge in [0, 0.05) is 50.2 Å². The minimum absolute atomic E-state index is 0.164. The number of fused-ring (bicyclic) bond motifs is 1. The van der Waals surface area contributed by atoms with Gasteiger partial charge in [-0.1, -0.05) is 12.1 Å². The van der Waals surface area contributed by atoms with Crippen molar-refractivity contribution in [1.29, 1.82) is 0 Å². The highest BCUT2D eigenvalue weighted by molar-refractivity contribution is 5.95. The Bertz CT molecular complexity index is 1210. The molecule has 0 unspecified atom stereocenters. The third-order valence-corrected chi connectivity index (χ3v) is 5.08. The van der Waals surface area contributed by atoms with Crippen molar-refractivity contribution < 1.29 is 4.79 Å². The molecule has 2 N–H and O–H groups in total. The molecule has 1 aromatic carbocycles. The summed E-state index contributed by atoms with van der Waals surface area (Å²) in [7, 11) is 1.69. The molecule has 4 rings (SSSR count). The van der Waals surface area contributed by atoms with Crippen LogP contribution in [0.4, 0.5) is 0 Å². The number of terminal acetylenes is 1. The first-order chi connectivity index (χ1) is 14.0. The number of aromatic amines is 1. The van der Waals surface area contributed by atoms with Gasteiger partial charge in [0.15, 0.2) is 11.3 Å². The van der Waals surface area contributed by atoms with Gasteiger partial charge in [0.1, 0.15) is 0 Å². The fraction of sp³-hybridized carbons (Fsp3) is 0.286. The van der Waals surface area contributed by atoms with Gasteiger partial charge in [0.05, 0.1) is 5.52 Å². The molecule has 1 aliphatic rings. The lowest BCUT2D eigenvalue weighted by molar-refractivity contribution is 0.0952. The highest BCUT2D eigenvalue weighted by Gasteiger charge is 2.38. The van der Waals surface area contributed by atoms with E-state index in [9.17, 15) is 9.59 Å². The summed E-state index contributed by atoms with van der Waals surface area (Å²) < 4.78 is 1.51. The summed E-state index contributed by atoms with van der Waals surface area (Å²) in [6, 6.07) is 9.17. The number of aromatic nitrogens is 3. The fourth-order valence-corrected chi connectivity index (χ4v) is 3.24. The number of benzene rings is 1. The number of hydrogen-bond donors (Lipinski definition) is 2. The molecule has 1 amide bonds. The lowest BCUT2D eigenvalue weighted by atomic mass is 10.0. The number of imidazole rings is 1. The molecular formula is C21H20N6O2. The maximum atomic E-state index is 12.5. The number of carbonyl (C=O) groups excluding carboxylic acids is 1. The van der Waals surface area contributed by atoms with E-state index in [2.05, 4.69) is 31.4 Å². The number of carbonyl (C=O) groups is 1. The van der Waals surface area contributed by atoms with Gasteiger partial charge in [0.25, 0.3) is 5.91 Å². The quantitative estimate of drug-likeness (QED) is 0.608. The summed E-state index contributed by atoms with van der Waals surface area (Å²) in [5, 5.41) is 11.1. The van der Waals surface area contributed by atoms with Crippen LogP contribution >= 0.6 is 0 Å². The first-order valence-corrected chi connectivity index (χ1v) is 9.32. The van der Waals surface area contributed by atoms with Crippen LogP contribution in [0.1, 0.15) is 29.6 Å². The minimum Gasteiger partial charge on any atom is -0.352 e. The number of nitrogens with zero attached hydrogens (tertiary/aromatic N) is 4. The lowest BCUT2D eigenvalue weighted by Gasteiger charge is -2.10. The molecule has 0 atom stereocenters. The van der Waals surface area contributed by atoms with Gasteiger partial charge in [-0.2, -0.15) is 10.2 Å². The maximum Gasteiger partial charge on any atom is 0.327 e. The minimum atomic E-state index is -0.408. The monoisotopic (exact) mass is 388 g/mol. The van der Waals surface area contributed by atoms with Gasteiger partial charge in [-0.3, -0.25) is 14.3 Å². The van der Waals surface area contributed by atoms with Gasteiger partial charge in [-0.05, 0) is 23.8 Å². The van der Waals surface area contributed by atoms with Crippen molar-refractivity contribution in [3.05, 3.63) is 52.6 Å². The Labute approximate surface area is 167 Å². The Hall–Kier alpha value is -3.73. The SMILES string of the molecule is C#CCCC1(CCNC(=O)c2cccc(-c3cnc4[nH]c(=O)n(C)c4c3)c2)N=N1. The summed E-state index contributed by atoms with van der Waals surface area (Å²) in [6.07, 6.45) is 8.95. The zero-order valence-electron chi connectivity index (χ0n) is 16.0. The standard InChI is InChI=1S/C21H20N6O2/c1-3-4-8-21(25-26-21)9-10-22-19(28)15-7-5-6-14(11-15)16-12-17-18(23-13-16)24-20(29)27(17)2/h1,5-7,11-13H,4,8-10H2,2H3,(H,22,28)(H,23,24,29). The van der Waals surface area contributed by atoms with Crippen LogP contribution in [0.5, 0.6) is 0 Å². The van der Waals surface area contributed by atoms with Gasteiger partial charge >= 0.3 is 5.69 Å². The third-order valence-electron chi connectivity index (χ3n) is 5.08. The van der Waals surface area contributed by atoms with E-state index in [0.29, 0.717) is 42.5 Å². The van der Waals surface area contributed by atoms with Crippen LogP contribution in [0.3, 0.4) is 0 Å². The Morgan fingerprint density at radius 2 is 2.10 bits per heavy atom. The molecule has 3 aromatic rings. The highest BCUT2D eigenvalue weighted by atomic mass is 16.2. The topological polar surface area (TPSA) is 104 Å². The molecule has 8 nitrogen and oxygen atoms in total. The van der Waals surface area contributed by atoms with E-state index < -0.39 is 5.66 Å². The van der Waals surface area contributed by atoms with Crippen molar-refractivity contribution >= 4 is 17.1 Å². The zero-order valence-corrected chi connectivity index (χ0v) is 16.0.